The number of hydrogen-bond acceptors (Lipinski definition) is 6. The Morgan fingerprint density at radius 1 is 0.880 bits per heavy atom. The Bertz CT molecular complexity index is 729. The standard InChI is InChI=1S/C13H6F6N2O4/c14-12(15,16)24-9-5-10(25-13(17,18)19)21-11(20-9)23-8-4-2-1-3-7(8)6-22/h1-6H. The third-order valence-corrected chi connectivity index (χ3v) is 2.35. The van der Waals surface area contributed by atoms with Crippen LogP contribution in [-0.4, -0.2) is 29.0 Å². The molecule has 0 saturated carbocycles. The molecule has 12 heteroatoms. The summed E-state index contributed by atoms with van der Waals surface area (Å²) in [5.74, 6) is -2.78. The molecule has 0 N–H and O–H groups in total. The van der Waals surface area contributed by atoms with Crippen molar-refractivity contribution < 1.29 is 45.3 Å². The lowest BCUT2D eigenvalue weighted by molar-refractivity contribution is -0.278. The van der Waals surface area contributed by atoms with Crippen molar-refractivity contribution in [3.63, 3.8) is 0 Å². The van der Waals surface area contributed by atoms with E-state index in [1.165, 1.54) is 24.3 Å². The van der Waals surface area contributed by atoms with E-state index in [-0.39, 0.29) is 17.4 Å². The highest BCUT2D eigenvalue weighted by Gasteiger charge is 2.35. The topological polar surface area (TPSA) is 70.5 Å². The quantitative estimate of drug-likeness (QED) is 0.589. The van der Waals surface area contributed by atoms with Gasteiger partial charge in [-0.15, -0.1) is 26.3 Å². The van der Waals surface area contributed by atoms with Gasteiger partial charge in [0.2, 0.25) is 11.8 Å². The van der Waals surface area contributed by atoms with Gasteiger partial charge in [0.15, 0.2) is 6.29 Å². The fourth-order valence-corrected chi connectivity index (χ4v) is 1.54. The first kappa shape index (κ1) is 18.3. The van der Waals surface area contributed by atoms with Gasteiger partial charge in [0.25, 0.3) is 0 Å². The summed E-state index contributed by atoms with van der Waals surface area (Å²) in [4.78, 5) is 17.2. The smallest absolute Gasteiger partial charge is 0.423 e. The molecule has 0 atom stereocenters. The van der Waals surface area contributed by atoms with E-state index in [0.717, 1.165) is 0 Å². The van der Waals surface area contributed by atoms with E-state index in [4.69, 9.17) is 4.74 Å². The van der Waals surface area contributed by atoms with Crippen LogP contribution in [0.15, 0.2) is 30.3 Å². The van der Waals surface area contributed by atoms with E-state index in [2.05, 4.69) is 19.4 Å². The van der Waals surface area contributed by atoms with Gasteiger partial charge < -0.3 is 14.2 Å². The molecule has 0 aliphatic carbocycles. The number of benzene rings is 1. The van der Waals surface area contributed by atoms with Gasteiger partial charge in [-0.2, -0.15) is 9.97 Å². The van der Waals surface area contributed by atoms with Crippen LogP contribution in [-0.2, 0) is 0 Å². The number of aromatic nitrogens is 2. The van der Waals surface area contributed by atoms with Gasteiger partial charge in [0.1, 0.15) is 5.75 Å². The van der Waals surface area contributed by atoms with Crippen molar-refractivity contribution in [2.24, 2.45) is 0 Å². The van der Waals surface area contributed by atoms with Crippen LogP contribution in [0.3, 0.4) is 0 Å². The van der Waals surface area contributed by atoms with Gasteiger partial charge in [-0.05, 0) is 12.1 Å². The molecule has 1 aromatic carbocycles. The summed E-state index contributed by atoms with van der Waals surface area (Å²) in [5, 5.41) is 0. The Morgan fingerprint density at radius 3 is 1.88 bits per heavy atom. The van der Waals surface area contributed by atoms with Crippen LogP contribution in [0.5, 0.6) is 23.5 Å². The van der Waals surface area contributed by atoms with Crippen LogP contribution in [0.25, 0.3) is 0 Å². The molecule has 0 unspecified atom stereocenters. The number of hydrogen-bond donors (Lipinski definition) is 0. The maximum Gasteiger partial charge on any atom is 0.574 e. The molecular formula is C13H6F6N2O4. The number of rotatable bonds is 5. The molecule has 134 valence electrons. The van der Waals surface area contributed by atoms with Crippen LogP contribution >= 0.6 is 0 Å². The van der Waals surface area contributed by atoms with Gasteiger partial charge in [-0.1, -0.05) is 12.1 Å². The molecule has 25 heavy (non-hydrogen) atoms. The Labute approximate surface area is 135 Å². The van der Waals surface area contributed by atoms with Crippen molar-refractivity contribution >= 4 is 6.29 Å². The van der Waals surface area contributed by atoms with Gasteiger partial charge in [-0.25, -0.2) is 0 Å². The molecule has 1 heterocycles. The summed E-state index contributed by atoms with van der Waals surface area (Å²) in [5.41, 5.74) is -0.0356. The lowest BCUT2D eigenvalue weighted by Crippen LogP contribution is -2.20. The van der Waals surface area contributed by atoms with Crippen molar-refractivity contribution in [2.45, 2.75) is 12.7 Å². The Balaban J connectivity index is 2.39. The number of para-hydroxylation sites is 1. The molecule has 0 amide bonds. The van der Waals surface area contributed by atoms with E-state index in [1.807, 2.05) is 0 Å². The summed E-state index contributed by atoms with van der Waals surface area (Å²) < 4.78 is 85.4. The first-order valence-corrected chi connectivity index (χ1v) is 6.18. The molecule has 0 bridgehead atoms. The minimum Gasteiger partial charge on any atom is -0.423 e. The van der Waals surface area contributed by atoms with E-state index in [1.54, 1.807) is 0 Å². The van der Waals surface area contributed by atoms with Crippen LogP contribution in [0.4, 0.5) is 26.3 Å². The molecule has 0 spiro atoms. The number of carbonyl (C=O) groups excluding carboxylic acids is 1. The fourth-order valence-electron chi connectivity index (χ4n) is 1.54. The van der Waals surface area contributed by atoms with E-state index < -0.39 is 30.5 Å². The maximum atomic E-state index is 12.3. The second-order valence-electron chi connectivity index (χ2n) is 4.18. The number of aldehydes is 1. The summed E-state index contributed by atoms with van der Waals surface area (Å²) in [6, 6.07) is 4.62. The predicted molar refractivity (Wildman–Crippen MR) is 67.3 cm³/mol. The zero-order valence-electron chi connectivity index (χ0n) is 11.8. The first-order valence-electron chi connectivity index (χ1n) is 6.18. The minimum atomic E-state index is -5.22. The van der Waals surface area contributed by atoms with Crippen molar-refractivity contribution in [1.29, 1.82) is 0 Å². The van der Waals surface area contributed by atoms with Gasteiger partial charge in [-0.3, -0.25) is 4.79 Å². The van der Waals surface area contributed by atoms with E-state index >= 15 is 0 Å². The number of carbonyl (C=O) groups is 1. The zero-order chi connectivity index (χ0) is 18.7. The van der Waals surface area contributed by atoms with Crippen LogP contribution in [0.1, 0.15) is 10.4 Å². The third kappa shape index (κ3) is 5.82. The normalized spacial score (nSPS) is 11.8. The van der Waals surface area contributed by atoms with Gasteiger partial charge >= 0.3 is 18.7 Å². The Morgan fingerprint density at radius 2 is 1.40 bits per heavy atom. The predicted octanol–water partition coefficient (Wildman–Crippen LogP) is 3.88. The van der Waals surface area contributed by atoms with Crippen molar-refractivity contribution in [3.05, 3.63) is 35.9 Å². The number of ether oxygens (including phenoxy) is 3. The second kappa shape index (κ2) is 6.83. The van der Waals surface area contributed by atoms with Gasteiger partial charge in [0, 0.05) is 0 Å². The monoisotopic (exact) mass is 368 g/mol. The summed E-state index contributed by atoms with van der Waals surface area (Å²) in [6.07, 6.45) is -10.1. The highest BCUT2D eigenvalue weighted by molar-refractivity contribution is 5.79. The summed E-state index contributed by atoms with van der Waals surface area (Å²) >= 11 is 0. The van der Waals surface area contributed by atoms with E-state index in [9.17, 15) is 31.1 Å². The fraction of sp³-hybridized carbons (Fsp3) is 0.154. The van der Waals surface area contributed by atoms with Crippen molar-refractivity contribution in [2.75, 3.05) is 0 Å². The third-order valence-electron chi connectivity index (χ3n) is 2.35. The molecule has 0 radical (unpaired) electrons. The Hall–Kier alpha value is -3.05. The highest BCUT2D eigenvalue weighted by atomic mass is 19.4. The van der Waals surface area contributed by atoms with Gasteiger partial charge in [0.05, 0.1) is 11.6 Å². The average molecular weight is 368 g/mol. The number of halogens is 6. The summed E-state index contributed by atoms with van der Waals surface area (Å²) in [6.45, 7) is 0. The SMILES string of the molecule is O=Cc1ccccc1Oc1nc(OC(F)(F)F)cc(OC(F)(F)F)n1. The minimum absolute atomic E-state index is 0.0356. The first-order chi connectivity index (χ1) is 11.6. The number of alkyl halides is 6. The van der Waals surface area contributed by atoms with Crippen molar-refractivity contribution in [1.82, 2.24) is 9.97 Å². The maximum absolute atomic E-state index is 12.3. The summed E-state index contributed by atoms with van der Waals surface area (Å²) in [7, 11) is 0. The van der Waals surface area contributed by atoms with Crippen LogP contribution in [0.2, 0.25) is 0 Å². The molecule has 2 aromatic rings. The molecule has 0 aliphatic heterocycles. The van der Waals surface area contributed by atoms with Crippen LogP contribution in [0, 0.1) is 0 Å². The van der Waals surface area contributed by atoms with E-state index in [0.29, 0.717) is 6.29 Å². The number of nitrogens with zero attached hydrogens (tertiary/aromatic N) is 2. The largest absolute Gasteiger partial charge is 0.574 e. The lowest BCUT2D eigenvalue weighted by atomic mass is 10.2. The lowest BCUT2D eigenvalue weighted by Gasteiger charge is -2.13. The molecule has 1 aromatic heterocycles. The zero-order valence-corrected chi connectivity index (χ0v) is 11.8. The van der Waals surface area contributed by atoms with Crippen LogP contribution < -0.4 is 14.2 Å². The Kier molecular flexibility index (Phi) is 4.99. The van der Waals surface area contributed by atoms with Crippen molar-refractivity contribution in [3.8, 4) is 23.5 Å². The molecular weight excluding hydrogens is 362 g/mol. The second-order valence-corrected chi connectivity index (χ2v) is 4.18. The molecule has 0 saturated heterocycles. The highest BCUT2D eigenvalue weighted by Crippen LogP contribution is 2.30. The molecule has 2 rings (SSSR count). The molecule has 0 fully saturated rings. The molecule has 6 nitrogen and oxygen atoms in total. The average Bonchev–Trinajstić information content (AvgIpc) is 2.43. The molecule has 0 aliphatic rings.